The van der Waals surface area contributed by atoms with Crippen molar-refractivity contribution >= 4 is 11.8 Å². The number of non-ortho nitro benzene ring substituents is 1. The normalized spacial score (nSPS) is 12.2. The smallest absolute Gasteiger partial charge is 0.270 e. The van der Waals surface area contributed by atoms with E-state index in [4.69, 9.17) is 4.74 Å². The number of allylic oxidation sites excluding steroid dienone is 1. The molecule has 1 aromatic carbocycles. The van der Waals surface area contributed by atoms with Crippen molar-refractivity contribution in [3.63, 3.8) is 0 Å². The monoisotopic (exact) mass is 268 g/mol. The number of pyridine rings is 1. The third-order valence-corrected chi connectivity index (χ3v) is 3.33. The molecule has 1 aliphatic carbocycles. The molecule has 0 fully saturated rings. The molecule has 100 valence electrons. The molecule has 1 aromatic heterocycles. The maximum absolute atomic E-state index is 10.9. The summed E-state index contributed by atoms with van der Waals surface area (Å²) in [6.07, 6.45) is 6.74. The van der Waals surface area contributed by atoms with Crippen LogP contribution in [0.4, 0.5) is 5.69 Å². The molecule has 1 heterocycles. The fourth-order valence-corrected chi connectivity index (χ4v) is 2.30. The Bertz CT molecular complexity index is 723. The van der Waals surface area contributed by atoms with E-state index in [0.29, 0.717) is 17.0 Å². The van der Waals surface area contributed by atoms with E-state index in [1.54, 1.807) is 19.4 Å². The van der Waals surface area contributed by atoms with E-state index in [0.717, 1.165) is 12.0 Å². The standard InChI is InChI=1S/C15H12N2O3/c1-20-15-6-5-12(17(18)19)8-13(15)14-7-10-3-2-4-11(10)9-16-14/h2,4-9H,3H2,1H3. The first kappa shape index (κ1) is 12.3. The number of methoxy groups -OCH3 is 1. The highest BCUT2D eigenvalue weighted by Gasteiger charge is 2.15. The number of hydrogen-bond donors (Lipinski definition) is 0. The van der Waals surface area contributed by atoms with Crippen LogP contribution in [-0.4, -0.2) is 17.0 Å². The summed E-state index contributed by atoms with van der Waals surface area (Å²) >= 11 is 0. The zero-order valence-electron chi connectivity index (χ0n) is 10.9. The molecule has 0 bridgehead atoms. The Labute approximate surface area is 115 Å². The van der Waals surface area contributed by atoms with Gasteiger partial charge < -0.3 is 4.74 Å². The Morgan fingerprint density at radius 1 is 1.35 bits per heavy atom. The fraction of sp³-hybridized carbons (Fsp3) is 0.133. The molecule has 0 spiro atoms. The van der Waals surface area contributed by atoms with Gasteiger partial charge in [-0.15, -0.1) is 0 Å². The van der Waals surface area contributed by atoms with Gasteiger partial charge in [0.2, 0.25) is 0 Å². The highest BCUT2D eigenvalue weighted by atomic mass is 16.6. The highest BCUT2D eigenvalue weighted by Crippen LogP contribution is 2.33. The molecule has 5 nitrogen and oxygen atoms in total. The highest BCUT2D eigenvalue weighted by molar-refractivity contribution is 5.72. The number of benzene rings is 1. The molecule has 0 atom stereocenters. The third kappa shape index (κ3) is 2.03. The van der Waals surface area contributed by atoms with E-state index in [-0.39, 0.29) is 5.69 Å². The lowest BCUT2D eigenvalue weighted by Gasteiger charge is -2.09. The zero-order chi connectivity index (χ0) is 14.1. The maximum Gasteiger partial charge on any atom is 0.270 e. The average molecular weight is 268 g/mol. The summed E-state index contributed by atoms with van der Waals surface area (Å²) in [4.78, 5) is 14.9. The Hall–Kier alpha value is -2.69. The molecule has 0 radical (unpaired) electrons. The van der Waals surface area contributed by atoms with Crippen molar-refractivity contribution < 1.29 is 9.66 Å². The summed E-state index contributed by atoms with van der Waals surface area (Å²) in [6.45, 7) is 0. The van der Waals surface area contributed by atoms with Crippen molar-refractivity contribution in [3.05, 3.63) is 57.8 Å². The number of rotatable bonds is 3. The topological polar surface area (TPSA) is 65.3 Å². The number of ether oxygens (including phenoxy) is 1. The van der Waals surface area contributed by atoms with Crippen LogP contribution in [0.15, 0.2) is 36.5 Å². The van der Waals surface area contributed by atoms with Crippen LogP contribution in [0.2, 0.25) is 0 Å². The van der Waals surface area contributed by atoms with Gasteiger partial charge in [0.05, 0.1) is 17.7 Å². The molecule has 0 aliphatic heterocycles. The van der Waals surface area contributed by atoms with E-state index in [9.17, 15) is 10.1 Å². The van der Waals surface area contributed by atoms with Crippen LogP contribution in [0.3, 0.4) is 0 Å². The van der Waals surface area contributed by atoms with Crippen LogP contribution in [0, 0.1) is 10.1 Å². The van der Waals surface area contributed by atoms with Gasteiger partial charge in [-0.05, 0) is 29.7 Å². The van der Waals surface area contributed by atoms with Gasteiger partial charge in [0.25, 0.3) is 5.69 Å². The molecule has 1 aliphatic rings. The number of hydrogen-bond acceptors (Lipinski definition) is 4. The third-order valence-electron chi connectivity index (χ3n) is 3.33. The first-order valence-electron chi connectivity index (χ1n) is 6.17. The molecule has 0 N–H and O–H groups in total. The van der Waals surface area contributed by atoms with E-state index in [2.05, 4.69) is 11.1 Å². The SMILES string of the molecule is COc1ccc([N+](=O)[O-])cc1-c1cc2c(cn1)C=CC2. The number of fused-ring (bicyclic) bond motifs is 1. The molecular weight excluding hydrogens is 256 g/mol. The van der Waals surface area contributed by atoms with Gasteiger partial charge in [-0.3, -0.25) is 15.1 Å². The van der Waals surface area contributed by atoms with Gasteiger partial charge in [-0.2, -0.15) is 0 Å². The Morgan fingerprint density at radius 3 is 2.95 bits per heavy atom. The van der Waals surface area contributed by atoms with E-state index in [1.807, 2.05) is 12.1 Å². The minimum absolute atomic E-state index is 0.0289. The van der Waals surface area contributed by atoms with Crippen LogP contribution in [0.5, 0.6) is 5.75 Å². The lowest BCUT2D eigenvalue weighted by atomic mass is 10.1. The van der Waals surface area contributed by atoms with Gasteiger partial charge in [-0.1, -0.05) is 12.2 Å². The van der Waals surface area contributed by atoms with Gasteiger partial charge in [0.1, 0.15) is 5.75 Å². The zero-order valence-corrected chi connectivity index (χ0v) is 10.9. The number of aromatic nitrogens is 1. The summed E-state index contributed by atoms with van der Waals surface area (Å²) in [5.74, 6) is 0.578. The van der Waals surface area contributed by atoms with Crippen molar-refractivity contribution in [2.75, 3.05) is 7.11 Å². The Balaban J connectivity index is 2.13. The van der Waals surface area contributed by atoms with Crippen molar-refractivity contribution in [2.24, 2.45) is 0 Å². The average Bonchev–Trinajstić information content (AvgIpc) is 2.93. The fourth-order valence-electron chi connectivity index (χ4n) is 2.30. The maximum atomic E-state index is 10.9. The van der Waals surface area contributed by atoms with Gasteiger partial charge in [0, 0.05) is 23.9 Å². The van der Waals surface area contributed by atoms with Gasteiger partial charge >= 0.3 is 0 Å². The second-order valence-electron chi connectivity index (χ2n) is 4.52. The van der Waals surface area contributed by atoms with E-state index in [1.165, 1.54) is 17.7 Å². The van der Waals surface area contributed by atoms with Crippen molar-refractivity contribution in [1.29, 1.82) is 0 Å². The van der Waals surface area contributed by atoms with Crippen molar-refractivity contribution in [1.82, 2.24) is 4.98 Å². The molecule has 20 heavy (non-hydrogen) atoms. The summed E-state index contributed by atoms with van der Waals surface area (Å²) in [7, 11) is 1.54. The van der Waals surface area contributed by atoms with Crippen LogP contribution >= 0.6 is 0 Å². The predicted molar refractivity (Wildman–Crippen MR) is 75.6 cm³/mol. The number of nitro benzene ring substituents is 1. The molecule has 2 aromatic rings. The molecule has 5 heteroatoms. The minimum atomic E-state index is -0.419. The largest absolute Gasteiger partial charge is 0.496 e. The van der Waals surface area contributed by atoms with Crippen LogP contribution in [0.1, 0.15) is 11.1 Å². The summed E-state index contributed by atoms with van der Waals surface area (Å²) in [5, 5.41) is 10.9. The summed E-state index contributed by atoms with van der Waals surface area (Å²) < 4.78 is 5.28. The Kier molecular flexibility index (Phi) is 2.95. The lowest BCUT2D eigenvalue weighted by molar-refractivity contribution is -0.384. The van der Waals surface area contributed by atoms with E-state index < -0.39 is 4.92 Å². The molecule has 0 unspecified atom stereocenters. The lowest BCUT2D eigenvalue weighted by Crippen LogP contribution is -1.95. The molecule has 0 saturated carbocycles. The summed E-state index contributed by atoms with van der Waals surface area (Å²) in [6, 6.07) is 6.48. The predicted octanol–water partition coefficient (Wildman–Crippen LogP) is 3.23. The minimum Gasteiger partial charge on any atom is -0.496 e. The number of nitro groups is 1. The second-order valence-corrected chi connectivity index (χ2v) is 4.52. The molecule has 3 rings (SSSR count). The van der Waals surface area contributed by atoms with Gasteiger partial charge in [-0.25, -0.2) is 0 Å². The first-order valence-corrected chi connectivity index (χ1v) is 6.17. The van der Waals surface area contributed by atoms with Crippen molar-refractivity contribution in [2.45, 2.75) is 6.42 Å². The molecule has 0 saturated heterocycles. The second kappa shape index (κ2) is 4.77. The van der Waals surface area contributed by atoms with Crippen LogP contribution < -0.4 is 4.74 Å². The number of nitrogens with zero attached hydrogens (tertiary/aromatic N) is 2. The quantitative estimate of drug-likeness (QED) is 0.633. The van der Waals surface area contributed by atoms with Crippen molar-refractivity contribution in [3.8, 4) is 17.0 Å². The van der Waals surface area contributed by atoms with E-state index >= 15 is 0 Å². The first-order chi connectivity index (χ1) is 9.69. The molecular formula is C15H12N2O3. The summed E-state index contributed by atoms with van der Waals surface area (Å²) in [5.41, 5.74) is 3.62. The van der Waals surface area contributed by atoms with Crippen LogP contribution in [0.25, 0.3) is 17.3 Å². The van der Waals surface area contributed by atoms with Gasteiger partial charge in [0.15, 0.2) is 0 Å². The Morgan fingerprint density at radius 2 is 2.20 bits per heavy atom. The molecule has 0 amide bonds. The van der Waals surface area contributed by atoms with Crippen LogP contribution in [-0.2, 0) is 6.42 Å².